The average molecular weight is 210 g/mol. The molecule has 0 unspecified atom stereocenters. The monoisotopic (exact) mass is 209 g/mol. The van der Waals surface area contributed by atoms with Gasteiger partial charge >= 0.3 is 0 Å². The van der Waals surface area contributed by atoms with E-state index in [1.807, 2.05) is 25.1 Å². The zero-order chi connectivity index (χ0) is 10.4. The zero-order valence-electron chi connectivity index (χ0n) is 8.09. The molecule has 0 aliphatic rings. The summed E-state index contributed by atoms with van der Waals surface area (Å²) in [6.45, 7) is 2.52. The van der Waals surface area contributed by atoms with Gasteiger partial charge in [0.05, 0.1) is 17.7 Å². The number of benzene rings is 1. The summed E-state index contributed by atoms with van der Waals surface area (Å²) in [5, 5.41) is 9.04. The minimum absolute atomic E-state index is 0.518. The van der Waals surface area contributed by atoms with Gasteiger partial charge in [-0.25, -0.2) is 0 Å². The Morgan fingerprint density at radius 1 is 1.50 bits per heavy atom. The molecule has 0 spiro atoms. The van der Waals surface area contributed by atoms with Gasteiger partial charge in [0.25, 0.3) is 0 Å². The number of rotatable bonds is 4. The van der Waals surface area contributed by atoms with Crippen LogP contribution in [0, 0.1) is 11.3 Å². The Morgan fingerprint density at radius 3 is 2.86 bits per heavy atom. The highest BCUT2D eigenvalue weighted by Crippen LogP contribution is 2.25. The van der Waals surface area contributed by atoms with Gasteiger partial charge in [0.1, 0.15) is 5.75 Å². The van der Waals surface area contributed by atoms with Crippen molar-refractivity contribution < 1.29 is 4.74 Å². The fraction of sp³-hybridized carbons (Fsp3) is 0.364. The van der Waals surface area contributed by atoms with Crippen LogP contribution in [0.5, 0.6) is 5.75 Å². The van der Waals surface area contributed by atoms with Crippen LogP contribution in [0.25, 0.3) is 0 Å². The summed E-state index contributed by atoms with van der Waals surface area (Å²) in [5.41, 5.74) is 1.07. The molecule has 0 heterocycles. The molecule has 0 saturated carbocycles. The lowest BCUT2D eigenvalue weighted by Crippen LogP contribution is -1.93. The second-order valence-corrected chi connectivity index (χ2v) is 3.26. The van der Waals surface area contributed by atoms with E-state index in [4.69, 9.17) is 21.6 Å². The molecule has 14 heavy (non-hydrogen) atoms. The molecule has 74 valence electrons. The Morgan fingerprint density at radius 2 is 2.29 bits per heavy atom. The van der Waals surface area contributed by atoms with Gasteiger partial charge in [-0.15, -0.1) is 0 Å². The summed E-state index contributed by atoms with van der Waals surface area (Å²) in [6, 6.07) is 7.74. The number of aryl methyl sites for hydroxylation is 1. The van der Waals surface area contributed by atoms with Gasteiger partial charge in [-0.1, -0.05) is 17.7 Å². The van der Waals surface area contributed by atoms with Gasteiger partial charge in [0.2, 0.25) is 0 Å². The fourth-order valence-corrected chi connectivity index (χ4v) is 1.43. The number of ether oxygens (including phenoxy) is 1. The van der Waals surface area contributed by atoms with Crippen LogP contribution >= 0.6 is 11.6 Å². The van der Waals surface area contributed by atoms with E-state index in [9.17, 15) is 0 Å². The Balaban J connectivity index is 2.74. The first-order valence-electron chi connectivity index (χ1n) is 4.56. The van der Waals surface area contributed by atoms with Crippen LogP contribution in [0.15, 0.2) is 18.2 Å². The maximum Gasteiger partial charge on any atom is 0.137 e. The van der Waals surface area contributed by atoms with Crippen molar-refractivity contribution in [3.8, 4) is 11.8 Å². The van der Waals surface area contributed by atoms with E-state index in [0.29, 0.717) is 23.8 Å². The van der Waals surface area contributed by atoms with E-state index in [1.165, 1.54) is 0 Å². The van der Waals surface area contributed by atoms with Crippen molar-refractivity contribution in [1.29, 1.82) is 5.26 Å². The normalized spacial score (nSPS) is 9.50. The van der Waals surface area contributed by atoms with Crippen molar-refractivity contribution in [3.05, 3.63) is 28.8 Å². The second kappa shape index (κ2) is 5.51. The molecule has 1 rings (SSSR count). The Labute approximate surface area is 89.1 Å². The maximum absolute atomic E-state index is 8.43. The predicted octanol–water partition coefficient (Wildman–Crippen LogP) is 3.19. The number of hydrogen-bond acceptors (Lipinski definition) is 2. The lowest BCUT2D eigenvalue weighted by molar-refractivity contribution is 0.340. The molecule has 0 amide bonds. The molecule has 0 atom stereocenters. The first-order chi connectivity index (χ1) is 6.77. The summed E-state index contributed by atoms with van der Waals surface area (Å²) in [4.78, 5) is 0. The molecule has 3 heteroatoms. The van der Waals surface area contributed by atoms with Crippen molar-refractivity contribution in [2.24, 2.45) is 0 Å². The van der Waals surface area contributed by atoms with Gasteiger partial charge in [-0.3, -0.25) is 0 Å². The molecule has 1 aromatic rings. The van der Waals surface area contributed by atoms with Crippen molar-refractivity contribution in [2.75, 3.05) is 6.61 Å². The molecular formula is C11H12ClNO. The third-order valence-corrected chi connectivity index (χ3v) is 2.12. The lowest BCUT2D eigenvalue weighted by atomic mass is 10.1. The summed E-state index contributed by atoms with van der Waals surface area (Å²) in [7, 11) is 0. The first kappa shape index (κ1) is 10.9. The Hall–Kier alpha value is -1.20. The summed E-state index contributed by atoms with van der Waals surface area (Å²) in [6.07, 6.45) is 1.26. The summed E-state index contributed by atoms with van der Waals surface area (Å²) >= 11 is 5.98. The Kier molecular flexibility index (Phi) is 4.28. The van der Waals surface area contributed by atoms with Crippen LogP contribution in [0.2, 0.25) is 5.02 Å². The van der Waals surface area contributed by atoms with Crippen molar-refractivity contribution >= 4 is 11.6 Å². The number of nitriles is 1. The number of nitrogens with zero attached hydrogens (tertiary/aromatic N) is 1. The van der Waals surface area contributed by atoms with Gasteiger partial charge in [0, 0.05) is 6.42 Å². The highest BCUT2D eigenvalue weighted by Gasteiger charge is 2.01. The molecule has 0 aliphatic heterocycles. The molecule has 0 fully saturated rings. The van der Waals surface area contributed by atoms with E-state index in [0.717, 1.165) is 12.0 Å². The van der Waals surface area contributed by atoms with Crippen LogP contribution in [0.3, 0.4) is 0 Å². The summed E-state index contributed by atoms with van der Waals surface area (Å²) < 4.78 is 5.30. The third-order valence-electron chi connectivity index (χ3n) is 1.82. The minimum Gasteiger partial charge on any atom is -0.492 e. The molecular weight excluding hydrogens is 198 g/mol. The molecule has 1 aromatic carbocycles. The van der Waals surface area contributed by atoms with E-state index >= 15 is 0 Å². The van der Waals surface area contributed by atoms with Gasteiger partial charge < -0.3 is 4.74 Å². The summed E-state index contributed by atoms with van der Waals surface area (Å²) in [5.74, 6) is 0.704. The molecule has 0 aromatic heterocycles. The topological polar surface area (TPSA) is 33.0 Å². The molecule has 2 nitrogen and oxygen atoms in total. The van der Waals surface area contributed by atoms with Crippen molar-refractivity contribution in [1.82, 2.24) is 0 Å². The van der Waals surface area contributed by atoms with Crippen LogP contribution in [0.1, 0.15) is 18.9 Å². The van der Waals surface area contributed by atoms with Crippen molar-refractivity contribution in [3.63, 3.8) is 0 Å². The largest absolute Gasteiger partial charge is 0.492 e. The van der Waals surface area contributed by atoms with Gasteiger partial charge in [0.15, 0.2) is 0 Å². The molecule has 0 radical (unpaired) electrons. The van der Waals surface area contributed by atoms with Gasteiger partial charge in [-0.05, 0) is 31.0 Å². The van der Waals surface area contributed by atoms with E-state index in [1.54, 1.807) is 0 Å². The molecule has 0 saturated heterocycles. The first-order valence-corrected chi connectivity index (χ1v) is 4.94. The zero-order valence-corrected chi connectivity index (χ0v) is 8.84. The standard InChI is InChI=1S/C11H12ClNO/c1-2-14-11-6-5-9(4-3-7-13)8-10(11)12/h5-6,8H,2-4H2,1H3. The van der Waals surface area contributed by atoms with Crippen LogP contribution in [-0.2, 0) is 6.42 Å². The average Bonchev–Trinajstić information content (AvgIpc) is 2.19. The van der Waals surface area contributed by atoms with E-state index in [-0.39, 0.29) is 0 Å². The van der Waals surface area contributed by atoms with Crippen LogP contribution < -0.4 is 4.74 Å². The SMILES string of the molecule is CCOc1ccc(CCC#N)cc1Cl. The third kappa shape index (κ3) is 2.93. The van der Waals surface area contributed by atoms with Gasteiger partial charge in [-0.2, -0.15) is 5.26 Å². The predicted molar refractivity (Wildman–Crippen MR) is 56.6 cm³/mol. The van der Waals surface area contributed by atoms with Crippen LogP contribution in [0.4, 0.5) is 0 Å². The molecule has 0 N–H and O–H groups in total. The van der Waals surface area contributed by atoms with Crippen LogP contribution in [-0.4, -0.2) is 6.61 Å². The smallest absolute Gasteiger partial charge is 0.137 e. The maximum atomic E-state index is 8.43. The van der Waals surface area contributed by atoms with E-state index in [2.05, 4.69) is 6.07 Å². The number of hydrogen-bond donors (Lipinski definition) is 0. The minimum atomic E-state index is 0.518. The van der Waals surface area contributed by atoms with E-state index < -0.39 is 0 Å². The molecule has 0 bridgehead atoms. The lowest BCUT2D eigenvalue weighted by Gasteiger charge is -2.06. The highest BCUT2D eigenvalue weighted by molar-refractivity contribution is 6.32. The molecule has 0 aliphatic carbocycles. The Bertz CT molecular complexity index is 344. The second-order valence-electron chi connectivity index (χ2n) is 2.86. The van der Waals surface area contributed by atoms with Crippen molar-refractivity contribution in [2.45, 2.75) is 19.8 Å². The number of halogens is 1. The fourth-order valence-electron chi connectivity index (χ4n) is 1.17. The highest BCUT2D eigenvalue weighted by atomic mass is 35.5. The quantitative estimate of drug-likeness (QED) is 0.763.